The maximum absolute atomic E-state index is 3.55. The molecule has 15 heavy (non-hydrogen) atoms. The first-order valence-electron chi connectivity index (χ1n) is 6.13. The van der Waals surface area contributed by atoms with Crippen molar-refractivity contribution in [1.29, 1.82) is 0 Å². The lowest BCUT2D eigenvalue weighted by Gasteiger charge is -2.25. The van der Waals surface area contributed by atoms with Gasteiger partial charge >= 0.3 is 0 Å². The fourth-order valence-electron chi connectivity index (χ4n) is 1.91. The highest BCUT2D eigenvalue weighted by molar-refractivity contribution is 4.73. The summed E-state index contributed by atoms with van der Waals surface area (Å²) in [4.78, 5) is 5.00. The summed E-state index contributed by atoms with van der Waals surface area (Å²) < 4.78 is 0. The highest BCUT2D eigenvalue weighted by Gasteiger charge is 2.13. The maximum Gasteiger partial charge on any atom is 0.0110 e. The fraction of sp³-hybridized carbons (Fsp3) is 1.00. The van der Waals surface area contributed by atoms with Crippen LogP contribution in [-0.2, 0) is 0 Å². The molecule has 0 unspecified atom stereocenters. The van der Waals surface area contributed by atoms with Crippen LogP contribution >= 0.6 is 0 Å². The monoisotopic (exact) mass is 213 g/mol. The summed E-state index contributed by atoms with van der Waals surface area (Å²) in [6, 6.07) is 0. The molecule has 1 aliphatic heterocycles. The third-order valence-electron chi connectivity index (χ3n) is 2.90. The third-order valence-corrected chi connectivity index (χ3v) is 2.90. The lowest BCUT2D eigenvalue weighted by molar-refractivity contribution is 0.265. The van der Waals surface area contributed by atoms with Crippen molar-refractivity contribution in [2.75, 3.05) is 46.3 Å². The van der Waals surface area contributed by atoms with Crippen molar-refractivity contribution < 1.29 is 0 Å². The van der Waals surface area contributed by atoms with E-state index in [-0.39, 0.29) is 5.54 Å². The summed E-state index contributed by atoms with van der Waals surface area (Å²) in [6.07, 6.45) is 1.31. The van der Waals surface area contributed by atoms with Gasteiger partial charge in [-0.2, -0.15) is 0 Å². The minimum absolute atomic E-state index is 0.253. The van der Waals surface area contributed by atoms with Crippen LogP contribution in [-0.4, -0.2) is 61.7 Å². The van der Waals surface area contributed by atoms with Crippen LogP contribution in [0.5, 0.6) is 0 Å². The predicted octanol–water partition coefficient (Wildman–Crippen LogP) is 1.01. The fourth-order valence-corrected chi connectivity index (χ4v) is 1.91. The van der Waals surface area contributed by atoms with E-state index in [1.807, 2.05) is 0 Å². The van der Waals surface area contributed by atoms with Crippen LogP contribution in [0.2, 0.25) is 0 Å². The molecule has 0 atom stereocenters. The quantitative estimate of drug-likeness (QED) is 0.755. The molecule has 1 rings (SSSR count). The van der Waals surface area contributed by atoms with Gasteiger partial charge in [-0.1, -0.05) is 0 Å². The average Bonchev–Trinajstić information content (AvgIpc) is 2.29. The van der Waals surface area contributed by atoms with Crippen molar-refractivity contribution in [3.05, 3.63) is 0 Å². The zero-order chi connectivity index (χ0) is 11.3. The smallest absolute Gasteiger partial charge is 0.0110 e. The Morgan fingerprint density at radius 1 is 1.07 bits per heavy atom. The Labute approximate surface area is 94.8 Å². The lowest BCUT2D eigenvalue weighted by atomic mass is 10.1. The van der Waals surface area contributed by atoms with Gasteiger partial charge in [-0.15, -0.1) is 0 Å². The summed E-state index contributed by atoms with van der Waals surface area (Å²) >= 11 is 0. The molecule has 3 heteroatoms. The second-order valence-electron chi connectivity index (χ2n) is 5.68. The molecule has 1 aliphatic rings. The Kier molecular flexibility index (Phi) is 5.03. The van der Waals surface area contributed by atoms with E-state index < -0.39 is 0 Å². The molecular weight excluding hydrogens is 186 g/mol. The maximum atomic E-state index is 3.55. The Morgan fingerprint density at radius 3 is 2.47 bits per heavy atom. The predicted molar refractivity (Wildman–Crippen MR) is 66.3 cm³/mol. The van der Waals surface area contributed by atoms with Crippen molar-refractivity contribution in [3.63, 3.8) is 0 Å². The van der Waals surface area contributed by atoms with Crippen molar-refractivity contribution in [3.8, 4) is 0 Å². The first-order valence-corrected chi connectivity index (χ1v) is 6.13. The van der Waals surface area contributed by atoms with Crippen molar-refractivity contribution in [1.82, 2.24) is 15.1 Å². The first-order chi connectivity index (χ1) is 6.97. The van der Waals surface area contributed by atoms with Gasteiger partial charge in [-0.25, -0.2) is 0 Å². The van der Waals surface area contributed by atoms with Crippen LogP contribution in [0.3, 0.4) is 0 Å². The van der Waals surface area contributed by atoms with Crippen LogP contribution in [0.4, 0.5) is 0 Å². The van der Waals surface area contributed by atoms with E-state index in [1.165, 1.54) is 39.1 Å². The summed E-state index contributed by atoms with van der Waals surface area (Å²) in [7, 11) is 2.22. The number of rotatable bonds is 3. The number of hydrogen-bond donors (Lipinski definition) is 1. The number of nitrogens with zero attached hydrogens (tertiary/aromatic N) is 2. The van der Waals surface area contributed by atoms with E-state index in [0.29, 0.717) is 0 Å². The minimum atomic E-state index is 0.253. The van der Waals surface area contributed by atoms with Crippen LogP contribution in [0.1, 0.15) is 27.2 Å². The standard InChI is InChI=1S/C12H27N3/c1-12(2,3)13-6-9-15-8-5-7-14(4)10-11-15/h13H,5-11H2,1-4H3. The molecule has 1 fully saturated rings. The SMILES string of the molecule is CN1CCCN(CCNC(C)(C)C)CC1. The van der Waals surface area contributed by atoms with E-state index in [9.17, 15) is 0 Å². The molecule has 90 valence electrons. The van der Waals surface area contributed by atoms with Crippen LogP contribution in [0, 0.1) is 0 Å². The van der Waals surface area contributed by atoms with E-state index in [0.717, 1.165) is 6.54 Å². The lowest BCUT2D eigenvalue weighted by Crippen LogP contribution is -2.42. The summed E-state index contributed by atoms with van der Waals surface area (Å²) in [5.74, 6) is 0. The average molecular weight is 213 g/mol. The molecule has 0 radical (unpaired) electrons. The highest BCUT2D eigenvalue weighted by Crippen LogP contribution is 2.01. The zero-order valence-corrected chi connectivity index (χ0v) is 10.8. The largest absolute Gasteiger partial charge is 0.311 e. The second-order valence-corrected chi connectivity index (χ2v) is 5.68. The second kappa shape index (κ2) is 5.83. The molecule has 0 spiro atoms. The number of nitrogens with one attached hydrogen (secondary N) is 1. The van der Waals surface area contributed by atoms with Gasteiger partial charge in [0.15, 0.2) is 0 Å². The van der Waals surface area contributed by atoms with Gasteiger partial charge in [-0.3, -0.25) is 0 Å². The van der Waals surface area contributed by atoms with Gasteiger partial charge in [0, 0.05) is 31.7 Å². The molecule has 0 aromatic carbocycles. The van der Waals surface area contributed by atoms with Crippen LogP contribution < -0.4 is 5.32 Å². The number of hydrogen-bond acceptors (Lipinski definition) is 3. The van der Waals surface area contributed by atoms with Crippen LogP contribution in [0.15, 0.2) is 0 Å². The molecule has 3 nitrogen and oxygen atoms in total. The Balaban J connectivity index is 2.15. The molecule has 1 heterocycles. The van der Waals surface area contributed by atoms with Gasteiger partial charge in [0.2, 0.25) is 0 Å². The van der Waals surface area contributed by atoms with E-state index >= 15 is 0 Å². The summed E-state index contributed by atoms with van der Waals surface area (Å²) in [5, 5.41) is 3.55. The Bertz CT molecular complexity index is 174. The summed E-state index contributed by atoms with van der Waals surface area (Å²) in [6.45, 7) is 13.9. The van der Waals surface area contributed by atoms with Gasteiger partial charge in [-0.05, 0) is 47.3 Å². The van der Waals surface area contributed by atoms with Crippen molar-refractivity contribution >= 4 is 0 Å². The Morgan fingerprint density at radius 2 is 1.80 bits per heavy atom. The molecular formula is C12H27N3. The molecule has 0 aromatic rings. The van der Waals surface area contributed by atoms with Crippen molar-refractivity contribution in [2.24, 2.45) is 0 Å². The van der Waals surface area contributed by atoms with E-state index in [4.69, 9.17) is 0 Å². The van der Waals surface area contributed by atoms with Gasteiger partial charge in [0.05, 0.1) is 0 Å². The molecule has 0 bridgehead atoms. The van der Waals surface area contributed by atoms with Gasteiger partial charge in [0.1, 0.15) is 0 Å². The van der Waals surface area contributed by atoms with Crippen LogP contribution in [0.25, 0.3) is 0 Å². The molecule has 1 saturated heterocycles. The summed E-state index contributed by atoms with van der Waals surface area (Å²) in [5.41, 5.74) is 0.253. The highest BCUT2D eigenvalue weighted by atomic mass is 15.2. The first kappa shape index (κ1) is 12.9. The van der Waals surface area contributed by atoms with E-state index in [1.54, 1.807) is 0 Å². The molecule has 0 aromatic heterocycles. The molecule has 0 aliphatic carbocycles. The normalized spacial score (nSPS) is 21.6. The minimum Gasteiger partial charge on any atom is -0.311 e. The number of likely N-dealkylation sites (N-methyl/N-ethyl adjacent to an activating group) is 1. The van der Waals surface area contributed by atoms with Crippen molar-refractivity contribution in [2.45, 2.75) is 32.7 Å². The molecule has 0 saturated carbocycles. The Hall–Kier alpha value is -0.120. The topological polar surface area (TPSA) is 18.5 Å². The van der Waals surface area contributed by atoms with Gasteiger partial charge < -0.3 is 15.1 Å². The molecule has 0 amide bonds. The van der Waals surface area contributed by atoms with E-state index in [2.05, 4.69) is 42.9 Å². The molecule has 1 N–H and O–H groups in total. The third kappa shape index (κ3) is 6.13. The van der Waals surface area contributed by atoms with Gasteiger partial charge in [0.25, 0.3) is 0 Å². The zero-order valence-electron chi connectivity index (χ0n) is 10.8.